The van der Waals surface area contributed by atoms with Gasteiger partial charge in [0.25, 0.3) is 10.0 Å². The summed E-state index contributed by atoms with van der Waals surface area (Å²) >= 11 is 6.24. The summed E-state index contributed by atoms with van der Waals surface area (Å²) in [7, 11) is -3.86. The fraction of sp³-hybridized carbons (Fsp3) is 0.458. The molecule has 0 atom stereocenters. The molecule has 1 fully saturated rings. The normalized spacial score (nSPS) is 15.5. The molecule has 1 amide bonds. The van der Waals surface area contributed by atoms with Crippen molar-refractivity contribution in [1.82, 2.24) is 18.8 Å². The van der Waals surface area contributed by atoms with E-state index in [1.165, 1.54) is 11.1 Å². The number of aromatic nitrogens is 3. The van der Waals surface area contributed by atoms with E-state index < -0.39 is 21.7 Å². The van der Waals surface area contributed by atoms with Crippen molar-refractivity contribution >= 4 is 44.6 Å². The number of halogens is 1. The summed E-state index contributed by atoms with van der Waals surface area (Å²) in [6.45, 7) is 9.35. The van der Waals surface area contributed by atoms with Gasteiger partial charge in [-0.2, -0.15) is 9.97 Å². The van der Waals surface area contributed by atoms with Crippen LogP contribution in [0.25, 0.3) is 11.0 Å². The molecule has 1 aromatic carbocycles. The van der Waals surface area contributed by atoms with E-state index in [1.807, 2.05) is 27.7 Å². The van der Waals surface area contributed by atoms with Crippen LogP contribution >= 0.6 is 11.6 Å². The first kappa shape index (κ1) is 25.2. The van der Waals surface area contributed by atoms with Gasteiger partial charge >= 0.3 is 6.09 Å². The van der Waals surface area contributed by atoms with Crippen LogP contribution < -0.4 is 4.90 Å². The molecule has 35 heavy (non-hydrogen) atoms. The van der Waals surface area contributed by atoms with Gasteiger partial charge in [0.2, 0.25) is 5.28 Å². The number of benzene rings is 1. The van der Waals surface area contributed by atoms with Crippen LogP contribution in [0, 0.1) is 12.8 Å². The SMILES string of the molecule is Cc1ccc(S(=O)(=O)n2ccc3c(N4CCC(CN(C(=O)O)C(C)(C)C)CC4)nc(Cl)nc32)cc1. The molecular formula is C24H30ClN5O4S. The summed E-state index contributed by atoms with van der Waals surface area (Å²) in [5.74, 6) is 0.808. The molecule has 188 valence electrons. The standard InChI is InChI=1S/C24H30ClN5O4S/c1-16-5-7-18(8-6-16)35(33,34)30-14-11-19-20(26-22(25)27-21(19)30)28-12-9-17(10-13-28)15-29(23(31)32)24(2,3)4/h5-8,11,14,17H,9-10,12-13,15H2,1-4H3,(H,31,32). The van der Waals surface area contributed by atoms with Crippen LogP contribution in [0.3, 0.4) is 0 Å². The maximum atomic E-state index is 13.3. The molecule has 0 spiro atoms. The number of aryl methyl sites for hydroxylation is 1. The Bertz CT molecular complexity index is 1340. The zero-order valence-corrected chi connectivity index (χ0v) is 21.8. The predicted molar refractivity (Wildman–Crippen MR) is 136 cm³/mol. The predicted octanol–water partition coefficient (Wildman–Crippen LogP) is 4.63. The number of piperidine rings is 1. The second-order valence-corrected chi connectivity index (χ2v) is 12.1. The molecule has 11 heteroatoms. The maximum Gasteiger partial charge on any atom is 0.407 e. The Morgan fingerprint density at radius 2 is 1.77 bits per heavy atom. The Labute approximate surface area is 210 Å². The molecule has 0 aliphatic carbocycles. The van der Waals surface area contributed by atoms with Crippen LogP contribution in [0.5, 0.6) is 0 Å². The molecule has 1 saturated heterocycles. The molecule has 0 bridgehead atoms. The van der Waals surface area contributed by atoms with E-state index in [2.05, 4.69) is 14.9 Å². The van der Waals surface area contributed by atoms with Gasteiger partial charge in [-0.25, -0.2) is 17.2 Å². The molecule has 4 rings (SSSR count). The first-order valence-corrected chi connectivity index (χ1v) is 13.3. The van der Waals surface area contributed by atoms with Gasteiger partial charge in [-0.3, -0.25) is 0 Å². The van der Waals surface area contributed by atoms with Crippen molar-refractivity contribution < 1.29 is 18.3 Å². The summed E-state index contributed by atoms with van der Waals surface area (Å²) in [5.41, 5.74) is 0.722. The van der Waals surface area contributed by atoms with Gasteiger partial charge in [0.1, 0.15) is 5.82 Å². The van der Waals surface area contributed by atoms with Crippen molar-refractivity contribution in [2.24, 2.45) is 5.92 Å². The first-order chi connectivity index (χ1) is 16.4. The van der Waals surface area contributed by atoms with Crippen molar-refractivity contribution in [2.45, 2.75) is 51.0 Å². The summed E-state index contributed by atoms with van der Waals surface area (Å²) in [5, 5.41) is 10.2. The quantitative estimate of drug-likeness (QED) is 0.489. The topological polar surface area (TPSA) is 109 Å². The third kappa shape index (κ3) is 5.08. The minimum Gasteiger partial charge on any atom is -0.465 e. The number of fused-ring (bicyclic) bond motifs is 1. The number of carbonyl (C=O) groups is 1. The molecule has 1 aliphatic heterocycles. The van der Waals surface area contributed by atoms with Crippen molar-refractivity contribution in [3.8, 4) is 0 Å². The smallest absolute Gasteiger partial charge is 0.407 e. The van der Waals surface area contributed by atoms with E-state index >= 15 is 0 Å². The lowest BCUT2D eigenvalue weighted by atomic mass is 9.94. The maximum absolute atomic E-state index is 13.3. The lowest BCUT2D eigenvalue weighted by molar-refractivity contribution is 0.0852. The highest BCUT2D eigenvalue weighted by Crippen LogP contribution is 2.32. The molecule has 2 aromatic heterocycles. The van der Waals surface area contributed by atoms with Crippen molar-refractivity contribution in [3.63, 3.8) is 0 Å². The van der Waals surface area contributed by atoms with Gasteiger partial charge < -0.3 is 14.9 Å². The Hall–Kier alpha value is -2.85. The highest BCUT2D eigenvalue weighted by atomic mass is 35.5. The van der Waals surface area contributed by atoms with Gasteiger partial charge in [-0.05, 0) is 76.3 Å². The van der Waals surface area contributed by atoms with Crippen LogP contribution in [-0.4, -0.2) is 63.6 Å². The summed E-state index contributed by atoms with van der Waals surface area (Å²) in [6.07, 6.45) is 2.13. The third-order valence-electron chi connectivity index (χ3n) is 6.44. The average Bonchev–Trinajstić information content (AvgIpc) is 3.21. The van der Waals surface area contributed by atoms with E-state index in [-0.39, 0.29) is 21.7 Å². The summed E-state index contributed by atoms with van der Waals surface area (Å²) in [6, 6.07) is 8.35. The highest BCUT2D eigenvalue weighted by Gasteiger charge is 2.31. The number of carboxylic acid groups (broad SMARTS) is 1. The number of anilines is 1. The summed E-state index contributed by atoms with van der Waals surface area (Å²) in [4.78, 5) is 24.1. The molecule has 1 aliphatic rings. The Morgan fingerprint density at radius 1 is 1.14 bits per heavy atom. The minimum absolute atomic E-state index is 0.0292. The Kier molecular flexibility index (Phi) is 6.72. The lowest BCUT2D eigenvalue weighted by Gasteiger charge is -2.39. The molecule has 0 unspecified atom stereocenters. The molecule has 1 N–H and O–H groups in total. The van der Waals surface area contributed by atoms with E-state index in [0.29, 0.717) is 30.8 Å². The average molecular weight is 520 g/mol. The molecule has 0 radical (unpaired) electrons. The lowest BCUT2D eigenvalue weighted by Crippen LogP contribution is -2.49. The number of nitrogens with zero attached hydrogens (tertiary/aromatic N) is 5. The number of rotatable bonds is 5. The molecule has 0 saturated carbocycles. The number of amides is 1. The van der Waals surface area contributed by atoms with Gasteiger partial charge in [0, 0.05) is 31.4 Å². The van der Waals surface area contributed by atoms with Crippen molar-refractivity contribution in [2.75, 3.05) is 24.5 Å². The van der Waals surface area contributed by atoms with Crippen LogP contribution in [-0.2, 0) is 10.0 Å². The second-order valence-electron chi connectivity index (χ2n) is 9.98. The highest BCUT2D eigenvalue weighted by molar-refractivity contribution is 7.90. The van der Waals surface area contributed by atoms with E-state index in [4.69, 9.17) is 11.6 Å². The van der Waals surface area contributed by atoms with Crippen LogP contribution in [0.4, 0.5) is 10.6 Å². The largest absolute Gasteiger partial charge is 0.465 e. The van der Waals surface area contributed by atoms with E-state index in [1.54, 1.807) is 30.3 Å². The second kappa shape index (κ2) is 9.31. The Morgan fingerprint density at radius 3 is 2.34 bits per heavy atom. The fourth-order valence-corrected chi connectivity index (χ4v) is 5.89. The molecule has 9 nitrogen and oxygen atoms in total. The summed E-state index contributed by atoms with van der Waals surface area (Å²) < 4.78 is 27.7. The minimum atomic E-state index is -3.86. The van der Waals surface area contributed by atoms with Crippen LogP contribution in [0.2, 0.25) is 5.28 Å². The van der Waals surface area contributed by atoms with Crippen LogP contribution in [0.1, 0.15) is 39.2 Å². The molecule has 3 heterocycles. The zero-order chi connectivity index (χ0) is 25.5. The molecule has 3 aromatic rings. The number of hydrogen-bond acceptors (Lipinski definition) is 6. The third-order valence-corrected chi connectivity index (χ3v) is 8.29. The van der Waals surface area contributed by atoms with E-state index in [0.717, 1.165) is 22.4 Å². The monoisotopic (exact) mass is 519 g/mol. The van der Waals surface area contributed by atoms with Crippen molar-refractivity contribution in [3.05, 3.63) is 47.4 Å². The Balaban J connectivity index is 1.59. The van der Waals surface area contributed by atoms with Crippen LogP contribution in [0.15, 0.2) is 41.4 Å². The first-order valence-electron chi connectivity index (χ1n) is 11.5. The number of hydrogen-bond donors (Lipinski definition) is 1. The fourth-order valence-electron chi connectivity index (χ4n) is 4.43. The van der Waals surface area contributed by atoms with Crippen molar-refractivity contribution in [1.29, 1.82) is 0 Å². The zero-order valence-electron chi connectivity index (χ0n) is 20.3. The van der Waals surface area contributed by atoms with Gasteiger partial charge in [-0.15, -0.1) is 0 Å². The molecular weight excluding hydrogens is 490 g/mol. The van der Waals surface area contributed by atoms with Gasteiger partial charge in [0.05, 0.1) is 10.3 Å². The van der Waals surface area contributed by atoms with Gasteiger partial charge in [0.15, 0.2) is 5.65 Å². The van der Waals surface area contributed by atoms with E-state index in [9.17, 15) is 18.3 Å². The van der Waals surface area contributed by atoms with Gasteiger partial charge in [-0.1, -0.05) is 17.7 Å².